The van der Waals surface area contributed by atoms with Crippen LogP contribution < -0.4 is 11.1 Å². The van der Waals surface area contributed by atoms with Crippen LogP contribution in [-0.4, -0.2) is 18.6 Å². The normalized spacial score (nSPS) is 41.2. The van der Waals surface area contributed by atoms with Crippen LogP contribution in [0.15, 0.2) is 0 Å². The fourth-order valence-corrected chi connectivity index (χ4v) is 2.74. The third-order valence-electron chi connectivity index (χ3n) is 2.80. The molecule has 0 radical (unpaired) electrons. The van der Waals surface area contributed by atoms with Crippen LogP contribution in [0.2, 0.25) is 0 Å². The highest BCUT2D eigenvalue weighted by atomic mass is 14.9. The van der Waals surface area contributed by atoms with E-state index in [0.29, 0.717) is 11.5 Å². The Morgan fingerprint density at radius 2 is 1.83 bits per heavy atom. The molecule has 0 bridgehead atoms. The molecule has 2 heteroatoms. The van der Waals surface area contributed by atoms with Gasteiger partial charge in [-0.15, -0.1) is 0 Å². The quantitative estimate of drug-likeness (QED) is 0.626. The summed E-state index contributed by atoms with van der Waals surface area (Å²) < 4.78 is 0. The first-order chi connectivity index (χ1) is 5.35. The lowest BCUT2D eigenvalue weighted by atomic mass is 9.67. The van der Waals surface area contributed by atoms with Gasteiger partial charge in [0.05, 0.1) is 0 Å². The molecular weight excluding hydrogens is 148 g/mol. The molecule has 1 aliphatic carbocycles. The Morgan fingerprint density at radius 3 is 2.25 bits per heavy atom. The summed E-state index contributed by atoms with van der Waals surface area (Å²) in [6.07, 6.45) is 3.49. The molecule has 0 saturated heterocycles. The van der Waals surface area contributed by atoms with E-state index in [4.69, 9.17) is 5.73 Å². The van der Waals surface area contributed by atoms with Crippen molar-refractivity contribution >= 4 is 0 Å². The second-order valence-electron chi connectivity index (χ2n) is 5.39. The fraction of sp³-hybridized carbons (Fsp3) is 1.00. The molecule has 0 spiro atoms. The largest absolute Gasteiger partial charge is 0.325 e. The zero-order valence-corrected chi connectivity index (χ0v) is 8.78. The van der Waals surface area contributed by atoms with Gasteiger partial charge in [-0.3, -0.25) is 0 Å². The number of hydrogen-bond donors (Lipinski definition) is 2. The maximum Gasteiger partial charge on any atom is 0.0145 e. The van der Waals surface area contributed by atoms with Crippen molar-refractivity contribution in [3.05, 3.63) is 0 Å². The Hall–Kier alpha value is -0.0800. The lowest BCUT2D eigenvalue weighted by molar-refractivity contribution is 0.132. The summed E-state index contributed by atoms with van der Waals surface area (Å²) in [4.78, 5) is 0. The van der Waals surface area contributed by atoms with E-state index >= 15 is 0 Å². The molecule has 1 saturated carbocycles. The molecule has 2 nitrogen and oxygen atoms in total. The highest BCUT2D eigenvalue weighted by molar-refractivity contribution is 4.96. The van der Waals surface area contributed by atoms with Gasteiger partial charge in [-0.25, -0.2) is 0 Å². The smallest absolute Gasteiger partial charge is 0.0145 e. The monoisotopic (exact) mass is 170 g/mol. The average molecular weight is 170 g/mol. The molecule has 0 aromatic heterocycles. The minimum Gasteiger partial charge on any atom is -0.325 e. The lowest BCUT2D eigenvalue weighted by Crippen LogP contribution is -2.52. The van der Waals surface area contributed by atoms with Gasteiger partial charge < -0.3 is 11.1 Å². The van der Waals surface area contributed by atoms with Crippen molar-refractivity contribution in [1.82, 2.24) is 5.32 Å². The van der Waals surface area contributed by atoms with E-state index in [9.17, 15) is 0 Å². The predicted octanol–water partition coefficient (Wildman–Crippen LogP) is 1.50. The lowest BCUT2D eigenvalue weighted by Gasteiger charge is -2.44. The first kappa shape index (κ1) is 10.0. The standard InChI is InChI=1S/C10H22N2/c1-9(2)5-8(12-4)6-10(3,11)7-9/h8,12H,5-7,11H2,1-4H3. The second-order valence-corrected chi connectivity index (χ2v) is 5.39. The van der Waals surface area contributed by atoms with Gasteiger partial charge in [0.15, 0.2) is 0 Å². The van der Waals surface area contributed by atoms with Crippen molar-refractivity contribution in [2.45, 2.75) is 51.6 Å². The number of rotatable bonds is 1. The van der Waals surface area contributed by atoms with Gasteiger partial charge in [0.2, 0.25) is 0 Å². The van der Waals surface area contributed by atoms with Crippen LogP contribution in [0, 0.1) is 5.41 Å². The van der Waals surface area contributed by atoms with E-state index in [1.54, 1.807) is 0 Å². The van der Waals surface area contributed by atoms with Gasteiger partial charge >= 0.3 is 0 Å². The molecule has 2 unspecified atom stereocenters. The molecule has 3 N–H and O–H groups in total. The predicted molar refractivity (Wildman–Crippen MR) is 53.1 cm³/mol. The van der Waals surface area contributed by atoms with Crippen molar-refractivity contribution in [1.29, 1.82) is 0 Å². The molecule has 2 atom stereocenters. The van der Waals surface area contributed by atoms with Gasteiger partial charge in [-0.05, 0) is 38.6 Å². The Bertz CT molecular complexity index is 145. The van der Waals surface area contributed by atoms with E-state index in [-0.39, 0.29) is 5.54 Å². The molecule has 0 amide bonds. The van der Waals surface area contributed by atoms with E-state index in [2.05, 4.69) is 26.1 Å². The molecule has 1 aliphatic rings. The molecule has 0 heterocycles. The average Bonchev–Trinajstić information content (AvgIpc) is 1.80. The molecule has 72 valence electrons. The number of nitrogens with one attached hydrogen (secondary N) is 1. The zero-order chi connectivity index (χ0) is 9.41. The Balaban J connectivity index is 2.66. The van der Waals surface area contributed by atoms with E-state index < -0.39 is 0 Å². The van der Waals surface area contributed by atoms with Gasteiger partial charge in [-0.1, -0.05) is 13.8 Å². The fourth-order valence-electron chi connectivity index (χ4n) is 2.74. The number of nitrogens with two attached hydrogens (primary N) is 1. The maximum absolute atomic E-state index is 6.18. The summed E-state index contributed by atoms with van der Waals surface area (Å²) >= 11 is 0. The maximum atomic E-state index is 6.18. The van der Waals surface area contributed by atoms with E-state index in [0.717, 1.165) is 12.8 Å². The molecule has 12 heavy (non-hydrogen) atoms. The van der Waals surface area contributed by atoms with Gasteiger partial charge in [-0.2, -0.15) is 0 Å². The molecule has 0 aliphatic heterocycles. The van der Waals surface area contributed by atoms with Crippen molar-refractivity contribution in [2.75, 3.05) is 7.05 Å². The van der Waals surface area contributed by atoms with E-state index in [1.165, 1.54) is 6.42 Å². The van der Waals surface area contributed by atoms with Crippen LogP contribution >= 0.6 is 0 Å². The van der Waals surface area contributed by atoms with Crippen molar-refractivity contribution in [3.63, 3.8) is 0 Å². The van der Waals surface area contributed by atoms with Crippen LogP contribution in [-0.2, 0) is 0 Å². The third kappa shape index (κ3) is 2.46. The molecule has 1 fully saturated rings. The van der Waals surface area contributed by atoms with E-state index in [1.807, 2.05) is 7.05 Å². The molecular formula is C10H22N2. The van der Waals surface area contributed by atoms with Crippen LogP contribution in [0.4, 0.5) is 0 Å². The summed E-state index contributed by atoms with van der Waals surface area (Å²) in [6, 6.07) is 0.601. The minimum absolute atomic E-state index is 0.0232. The Morgan fingerprint density at radius 1 is 1.25 bits per heavy atom. The molecule has 1 rings (SSSR count). The first-order valence-electron chi connectivity index (χ1n) is 4.81. The highest BCUT2D eigenvalue weighted by Gasteiger charge is 2.38. The summed E-state index contributed by atoms with van der Waals surface area (Å²) in [5.41, 5.74) is 6.60. The van der Waals surface area contributed by atoms with Crippen LogP contribution in [0.5, 0.6) is 0 Å². The van der Waals surface area contributed by atoms with Crippen LogP contribution in [0.25, 0.3) is 0 Å². The summed E-state index contributed by atoms with van der Waals surface area (Å²) in [7, 11) is 2.03. The Labute approximate surface area is 75.9 Å². The molecule has 0 aromatic carbocycles. The zero-order valence-electron chi connectivity index (χ0n) is 8.78. The Kier molecular flexibility index (Phi) is 2.50. The summed E-state index contributed by atoms with van der Waals surface area (Å²) in [5.74, 6) is 0. The summed E-state index contributed by atoms with van der Waals surface area (Å²) in [5, 5.41) is 3.34. The van der Waals surface area contributed by atoms with Gasteiger partial charge in [0.25, 0.3) is 0 Å². The van der Waals surface area contributed by atoms with Crippen LogP contribution in [0.1, 0.15) is 40.0 Å². The second kappa shape index (κ2) is 3.00. The topological polar surface area (TPSA) is 38.0 Å². The summed E-state index contributed by atoms with van der Waals surface area (Å²) in [6.45, 7) is 6.78. The molecule has 0 aromatic rings. The SMILES string of the molecule is CNC1CC(C)(C)CC(C)(N)C1. The van der Waals surface area contributed by atoms with Crippen molar-refractivity contribution < 1.29 is 0 Å². The van der Waals surface area contributed by atoms with Crippen LogP contribution in [0.3, 0.4) is 0 Å². The minimum atomic E-state index is 0.0232. The highest BCUT2D eigenvalue weighted by Crippen LogP contribution is 2.39. The van der Waals surface area contributed by atoms with Gasteiger partial charge in [0.1, 0.15) is 0 Å². The first-order valence-corrected chi connectivity index (χ1v) is 4.81. The van der Waals surface area contributed by atoms with Crippen molar-refractivity contribution in [2.24, 2.45) is 11.1 Å². The van der Waals surface area contributed by atoms with Gasteiger partial charge in [0, 0.05) is 11.6 Å². The van der Waals surface area contributed by atoms with Crippen molar-refractivity contribution in [3.8, 4) is 0 Å². The third-order valence-corrected chi connectivity index (χ3v) is 2.80. The number of hydrogen-bond acceptors (Lipinski definition) is 2.